The molecule has 0 aliphatic heterocycles. The van der Waals surface area contributed by atoms with E-state index < -0.39 is 0 Å². The lowest BCUT2D eigenvalue weighted by Crippen LogP contribution is -2.01. The van der Waals surface area contributed by atoms with Crippen LogP contribution in [0.1, 0.15) is 11.7 Å². The number of nitrogens with two attached hydrogens (primary N) is 1. The minimum atomic E-state index is 0.505. The monoisotopic (exact) mass is 332 g/mol. The van der Waals surface area contributed by atoms with Gasteiger partial charge < -0.3 is 15.5 Å². The van der Waals surface area contributed by atoms with Crippen molar-refractivity contribution < 1.29 is 4.42 Å². The lowest BCUT2D eigenvalue weighted by Gasteiger charge is -2.09. The van der Waals surface area contributed by atoms with Gasteiger partial charge in [-0.3, -0.25) is 4.98 Å². The van der Waals surface area contributed by atoms with Crippen LogP contribution in [0, 0.1) is 6.92 Å². The number of hydrogen-bond donors (Lipinski definition) is 2. The summed E-state index contributed by atoms with van der Waals surface area (Å²) < 4.78 is 6.33. The first kappa shape index (κ1) is 12.9. The Morgan fingerprint density at radius 3 is 2.90 bits per heavy atom. The zero-order chi connectivity index (χ0) is 14.1. The molecule has 0 atom stereocenters. The molecule has 0 fully saturated rings. The molecule has 2 aromatic heterocycles. The Morgan fingerprint density at radius 2 is 2.15 bits per heavy atom. The van der Waals surface area contributed by atoms with Gasteiger partial charge in [-0.15, -0.1) is 0 Å². The third-order valence-electron chi connectivity index (χ3n) is 2.95. The van der Waals surface area contributed by atoms with Gasteiger partial charge in [-0.2, -0.15) is 0 Å². The van der Waals surface area contributed by atoms with Crippen LogP contribution in [-0.4, -0.2) is 9.97 Å². The van der Waals surface area contributed by atoms with E-state index in [0.29, 0.717) is 18.1 Å². The number of fused-ring (bicyclic) bond motifs is 1. The first-order valence-corrected chi connectivity index (χ1v) is 6.92. The second-order valence-electron chi connectivity index (χ2n) is 4.47. The Kier molecular flexibility index (Phi) is 3.31. The van der Waals surface area contributed by atoms with Crippen LogP contribution in [-0.2, 0) is 6.54 Å². The van der Waals surface area contributed by atoms with E-state index in [4.69, 9.17) is 10.2 Å². The molecule has 2 heterocycles. The van der Waals surface area contributed by atoms with Gasteiger partial charge >= 0.3 is 0 Å². The van der Waals surface area contributed by atoms with E-state index in [-0.39, 0.29) is 0 Å². The molecular weight excluding hydrogens is 320 g/mol. The fourth-order valence-corrected chi connectivity index (χ4v) is 2.34. The molecule has 6 heteroatoms. The predicted octanol–water partition coefficient (Wildman–Crippen LogP) is 3.49. The second-order valence-corrected chi connectivity index (χ2v) is 5.39. The molecule has 0 spiro atoms. The summed E-state index contributed by atoms with van der Waals surface area (Å²) in [6.07, 6.45) is 3.45. The van der Waals surface area contributed by atoms with Gasteiger partial charge in [-0.1, -0.05) is 0 Å². The molecule has 3 rings (SSSR count). The van der Waals surface area contributed by atoms with E-state index in [2.05, 4.69) is 31.2 Å². The van der Waals surface area contributed by atoms with Crippen LogP contribution >= 0.6 is 15.9 Å². The van der Waals surface area contributed by atoms with E-state index in [1.807, 2.05) is 25.1 Å². The van der Waals surface area contributed by atoms with Crippen molar-refractivity contribution in [2.45, 2.75) is 13.5 Å². The van der Waals surface area contributed by atoms with Gasteiger partial charge in [-0.05, 0) is 41.1 Å². The highest BCUT2D eigenvalue weighted by Gasteiger charge is 2.07. The summed E-state index contributed by atoms with van der Waals surface area (Å²) in [5, 5.41) is 4.18. The fraction of sp³-hybridized carbons (Fsp3) is 0.143. The normalized spacial score (nSPS) is 10.9. The minimum Gasteiger partial charge on any atom is -0.444 e. The van der Waals surface area contributed by atoms with E-state index >= 15 is 0 Å². The van der Waals surface area contributed by atoms with Crippen LogP contribution in [0.4, 0.5) is 11.4 Å². The summed E-state index contributed by atoms with van der Waals surface area (Å²) in [7, 11) is 0. The van der Waals surface area contributed by atoms with Gasteiger partial charge in [0.1, 0.15) is 5.76 Å². The molecule has 102 valence electrons. The third-order valence-corrected chi connectivity index (χ3v) is 3.38. The number of nitrogens with zero attached hydrogens (tertiary/aromatic N) is 2. The number of anilines is 2. The summed E-state index contributed by atoms with van der Waals surface area (Å²) in [5.41, 5.74) is 8.42. The number of pyridine rings is 1. The maximum Gasteiger partial charge on any atom is 0.213 e. The molecule has 20 heavy (non-hydrogen) atoms. The highest BCUT2D eigenvalue weighted by atomic mass is 79.9. The molecule has 5 nitrogen and oxygen atoms in total. The highest BCUT2D eigenvalue weighted by molar-refractivity contribution is 9.10. The summed E-state index contributed by atoms with van der Waals surface area (Å²) in [5.74, 6) is 1.44. The smallest absolute Gasteiger partial charge is 0.213 e. The molecule has 0 saturated heterocycles. The maximum atomic E-state index is 5.99. The highest BCUT2D eigenvalue weighted by Crippen LogP contribution is 2.29. The SMILES string of the molecule is Cc1cnc(CNc2ccc(N)c3cc(Br)cnc23)o1. The number of benzene rings is 1. The van der Waals surface area contributed by atoms with Crippen LogP contribution in [0.5, 0.6) is 0 Å². The zero-order valence-electron chi connectivity index (χ0n) is 10.9. The number of nitrogens with one attached hydrogen (secondary N) is 1. The quantitative estimate of drug-likeness (QED) is 0.718. The van der Waals surface area contributed by atoms with Crippen molar-refractivity contribution in [3.63, 3.8) is 0 Å². The Morgan fingerprint density at radius 1 is 1.30 bits per heavy atom. The Labute approximate surface area is 124 Å². The average Bonchev–Trinajstić information content (AvgIpc) is 2.84. The van der Waals surface area contributed by atoms with Crippen molar-refractivity contribution >= 4 is 38.2 Å². The van der Waals surface area contributed by atoms with Crippen molar-refractivity contribution in [3.8, 4) is 0 Å². The number of rotatable bonds is 3. The van der Waals surface area contributed by atoms with Crippen molar-refractivity contribution in [1.29, 1.82) is 0 Å². The summed E-state index contributed by atoms with van der Waals surface area (Å²) in [4.78, 5) is 8.58. The molecule has 0 unspecified atom stereocenters. The van der Waals surface area contributed by atoms with Crippen molar-refractivity contribution in [2.75, 3.05) is 11.1 Å². The lowest BCUT2D eigenvalue weighted by molar-refractivity contribution is 0.479. The van der Waals surface area contributed by atoms with Crippen LogP contribution in [0.25, 0.3) is 10.9 Å². The largest absolute Gasteiger partial charge is 0.444 e. The van der Waals surface area contributed by atoms with Gasteiger partial charge in [-0.25, -0.2) is 4.98 Å². The van der Waals surface area contributed by atoms with Gasteiger partial charge in [0.2, 0.25) is 5.89 Å². The third kappa shape index (κ3) is 2.46. The molecule has 0 radical (unpaired) electrons. The standard InChI is InChI=1S/C14H13BrN4O/c1-8-5-18-13(20-8)7-17-12-3-2-11(16)10-4-9(15)6-19-14(10)12/h2-6,17H,7,16H2,1H3. The summed E-state index contributed by atoms with van der Waals surface area (Å²) >= 11 is 3.41. The second kappa shape index (κ2) is 5.13. The van der Waals surface area contributed by atoms with Crippen molar-refractivity contribution in [1.82, 2.24) is 9.97 Å². The van der Waals surface area contributed by atoms with Gasteiger partial charge in [0.25, 0.3) is 0 Å². The molecular formula is C14H13BrN4O. The average molecular weight is 333 g/mol. The van der Waals surface area contributed by atoms with Crippen LogP contribution in [0.3, 0.4) is 0 Å². The maximum absolute atomic E-state index is 5.99. The van der Waals surface area contributed by atoms with E-state index in [0.717, 1.165) is 26.8 Å². The molecule has 0 bridgehead atoms. The number of nitrogen functional groups attached to an aromatic ring is 1. The van der Waals surface area contributed by atoms with Gasteiger partial charge in [0.15, 0.2) is 0 Å². The van der Waals surface area contributed by atoms with Crippen molar-refractivity contribution in [2.24, 2.45) is 0 Å². The van der Waals surface area contributed by atoms with E-state index in [1.54, 1.807) is 12.4 Å². The van der Waals surface area contributed by atoms with E-state index in [9.17, 15) is 0 Å². The molecule has 3 N–H and O–H groups in total. The number of hydrogen-bond acceptors (Lipinski definition) is 5. The number of aromatic nitrogens is 2. The molecule has 0 aliphatic rings. The molecule has 3 aromatic rings. The summed E-state index contributed by atoms with van der Waals surface area (Å²) in [6, 6.07) is 5.73. The molecule has 1 aromatic carbocycles. The fourth-order valence-electron chi connectivity index (χ4n) is 2.01. The molecule has 0 saturated carbocycles. The Bertz CT molecular complexity index is 769. The number of oxazole rings is 1. The minimum absolute atomic E-state index is 0.505. The zero-order valence-corrected chi connectivity index (χ0v) is 12.4. The molecule has 0 amide bonds. The summed E-state index contributed by atoms with van der Waals surface area (Å²) in [6.45, 7) is 2.37. The van der Waals surface area contributed by atoms with Crippen LogP contribution < -0.4 is 11.1 Å². The predicted molar refractivity (Wildman–Crippen MR) is 82.4 cm³/mol. The Hall–Kier alpha value is -2.08. The first-order chi connectivity index (χ1) is 9.63. The first-order valence-electron chi connectivity index (χ1n) is 6.12. The van der Waals surface area contributed by atoms with Gasteiger partial charge in [0, 0.05) is 21.7 Å². The number of aryl methyl sites for hydroxylation is 1. The lowest BCUT2D eigenvalue weighted by atomic mass is 10.1. The topological polar surface area (TPSA) is 77.0 Å². The van der Waals surface area contributed by atoms with Gasteiger partial charge in [0.05, 0.1) is 23.9 Å². The Balaban J connectivity index is 1.93. The van der Waals surface area contributed by atoms with Crippen molar-refractivity contribution in [3.05, 3.63) is 46.7 Å². The number of halogens is 1. The van der Waals surface area contributed by atoms with Crippen LogP contribution in [0.15, 0.2) is 39.5 Å². The van der Waals surface area contributed by atoms with E-state index in [1.165, 1.54) is 0 Å². The molecule has 0 aliphatic carbocycles. The van der Waals surface area contributed by atoms with Crippen LogP contribution in [0.2, 0.25) is 0 Å².